The number of H-pyrrole nitrogens is 1. The number of halogens is 1. The molecule has 2 heterocycles. The van der Waals surface area contributed by atoms with Gasteiger partial charge in [-0.15, -0.1) is 0 Å². The van der Waals surface area contributed by atoms with Crippen molar-refractivity contribution in [3.63, 3.8) is 0 Å². The summed E-state index contributed by atoms with van der Waals surface area (Å²) >= 11 is 5.82. The average molecular weight is 262 g/mol. The van der Waals surface area contributed by atoms with Gasteiger partial charge >= 0.3 is 5.76 Å². The molecule has 0 bridgehead atoms. The van der Waals surface area contributed by atoms with Crippen molar-refractivity contribution in [1.29, 1.82) is 0 Å². The fourth-order valence-electron chi connectivity index (χ4n) is 1.78. The maximum absolute atomic E-state index is 11.1. The van der Waals surface area contributed by atoms with Crippen LogP contribution >= 0.6 is 11.6 Å². The second kappa shape index (κ2) is 3.96. The second-order valence-electron chi connectivity index (χ2n) is 3.89. The van der Waals surface area contributed by atoms with E-state index < -0.39 is 5.76 Å². The van der Waals surface area contributed by atoms with Crippen molar-refractivity contribution in [2.75, 3.05) is 0 Å². The molecule has 6 heteroatoms. The number of aromatic nitrogens is 3. The van der Waals surface area contributed by atoms with Gasteiger partial charge in [0.1, 0.15) is 0 Å². The largest absolute Gasteiger partial charge is 0.417 e. The van der Waals surface area contributed by atoms with E-state index in [0.29, 0.717) is 16.8 Å². The summed E-state index contributed by atoms with van der Waals surface area (Å²) in [6.07, 6.45) is 0. The van der Waals surface area contributed by atoms with E-state index in [9.17, 15) is 4.79 Å². The van der Waals surface area contributed by atoms with Gasteiger partial charge in [0.25, 0.3) is 0 Å². The number of rotatable bonds is 1. The normalized spacial score (nSPS) is 11.0. The lowest BCUT2D eigenvalue weighted by Crippen LogP contribution is -1.92. The highest BCUT2D eigenvalue weighted by Gasteiger charge is 2.07. The van der Waals surface area contributed by atoms with E-state index in [-0.39, 0.29) is 5.28 Å². The highest BCUT2D eigenvalue weighted by atomic mass is 35.5. The van der Waals surface area contributed by atoms with Crippen LogP contribution in [0.3, 0.4) is 0 Å². The summed E-state index contributed by atoms with van der Waals surface area (Å²) in [5.74, 6) is -0.473. The molecule has 0 aliphatic carbocycles. The molecule has 1 N–H and O–H groups in total. The van der Waals surface area contributed by atoms with Crippen LogP contribution in [0.2, 0.25) is 5.28 Å². The predicted molar refractivity (Wildman–Crippen MR) is 67.6 cm³/mol. The van der Waals surface area contributed by atoms with E-state index in [0.717, 1.165) is 11.3 Å². The lowest BCUT2D eigenvalue weighted by molar-refractivity contribution is 0.555. The Labute approximate surface area is 106 Å². The summed E-state index contributed by atoms with van der Waals surface area (Å²) in [4.78, 5) is 21.8. The SMILES string of the molecule is Cc1cc(-c2ccc3[nH]c(=O)oc3c2)nc(Cl)n1. The van der Waals surface area contributed by atoms with E-state index >= 15 is 0 Å². The van der Waals surface area contributed by atoms with Gasteiger partial charge in [-0.2, -0.15) is 0 Å². The number of hydrogen-bond donors (Lipinski definition) is 1. The van der Waals surface area contributed by atoms with Crippen LogP contribution in [0.5, 0.6) is 0 Å². The molecular formula is C12H8ClN3O2. The van der Waals surface area contributed by atoms with E-state index in [1.807, 2.05) is 19.1 Å². The van der Waals surface area contributed by atoms with Crippen molar-refractivity contribution in [3.05, 3.63) is 45.8 Å². The first-order valence-corrected chi connectivity index (χ1v) is 5.64. The topological polar surface area (TPSA) is 71.8 Å². The molecule has 2 aromatic heterocycles. The maximum Gasteiger partial charge on any atom is 0.417 e. The van der Waals surface area contributed by atoms with Crippen molar-refractivity contribution < 1.29 is 4.42 Å². The summed E-state index contributed by atoms with van der Waals surface area (Å²) in [6.45, 7) is 1.84. The fraction of sp³-hybridized carbons (Fsp3) is 0.0833. The molecule has 18 heavy (non-hydrogen) atoms. The zero-order valence-corrected chi connectivity index (χ0v) is 10.2. The Bertz CT molecular complexity index is 771. The molecule has 0 unspecified atom stereocenters. The van der Waals surface area contributed by atoms with Gasteiger partial charge < -0.3 is 4.42 Å². The van der Waals surface area contributed by atoms with E-state index in [1.54, 1.807) is 12.1 Å². The third-order valence-electron chi connectivity index (χ3n) is 2.54. The van der Waals surface area contributed by atoms with Crippen LogP contribution in [0.4, 0.5) is 0 Å². The Kier molecular flexibility index (Phi) is 2.41. The van der Waals surface area contributed by atoms with Gasteiger partial charge in [-0.05, 0) is 36.7 Å². The first-order valence-electron chi connectivity index (χ1n) is 5.26. The first kappa shape index (κ1) is 11.0. The first-order chi connectivity index (χ1) is 8.61. The van der Waals surface area contributed by atoms with Crippen LogP contribution < -0.4 is 5.76 Å². The molecule has 1 aromatic carbocycles. The Balaban J connectivity index is 2.21. The van der Waals surface area contributed by atoms with Crippen molar-refractivity contribution in [1.82, 2.24) is 15.0 Å². The van der Waals surface area contributed by atoms with Crippen LogP contribution in [0, 0.1) is 6.92 Å². The molecule has 3 rings (SSSR count). The van der Waals surface area contributed by atoms with Crippen molar-refractivity contribution in [3.8, 4) is 11.3 Å². The number of hydrogen-bond acceptors (Lipinski definition) is 4. The van der Waals surface area contributed by atoms with Gasteiger partial charge in [-0.1, -0.05) is 6.07 Å². The third-order valence-corrected chi connectivity index (χ3v) is 2.71. The minimum Gasteiger partial charge on any atom is -0.408 e. The summed E-state index contributed by atoms with van der Waals surface area (Å²) in [5, 5.41) is 0.195. The standard InChI is InChI=1S/C12H8ClN3O2/c1-6-4-9(15-11(13)14-6)7-2-3-8-10(5-7)18-12(17)16-8/h2-5H,1H3,(H,16,17). The molecule has 0 amide bonds. The average Bonchev–Trinajstić information content (AvgIpc) is 2.66. The van der Waals surface area contributed by atoms with E-state index in [4.69, 9.17) is 16.0 Å². The molecule has 0 fully saturated rings. The van der Waals surface area contributed by atoms with Crippen molar-refractivity contribution in [2.45, 2.75) is 6.92 Å². The molecule has 0 radical (unpaired) electrons. The molecule has 3 aromatic rings. The third kappa shape index (κ3) is 1.89. The highest BCUT2D eigenvalue weighted by Crippen LogP contribution is 2.22. The number of aryl methyl sites for hydroxylation is 1. The molecule has 0 spiro atoms. The van der Waals surface area contributed by atoms with Gasteiger partial charge in [-0.25, -0.2) is 14.8 Å². The molecule has 5 nitrogen and oxygen atoms in total. The Morgan fingerprint density at radius 2 is 2.11 bits per heavy atom. The lowest BCUT2D eigenvalue weighted by Gasteiger charge is -2.02. The number of benzene rings is 1. The minimum atomic E-state index is -0.473. The van der Waals surface area contributed by atoms with Crippen LogP contribution in [-0.4, -0.2) is 15.0 Å². The number of nitrogens with zero attached hydrogens (tertiary/aromatic N) is 2. The Morgan fingerprint density at radius 1 is 1.28 bits per heavy atom. The van der Waals surface area contributed by atoms with Crippen LogP contribution in [0.1, 0.15) is 5.69 Å². The van der Waals surface area contributed by atoms with Gasteiger partial charge in [0.2, 0.25) is 5.28 Å². The number of nitrogens with one attached hydrogen (secondary N) is 1. The van der Waals surface area contributed by atoms with Crippen LogP contribution in [0.15, 0.2) is 33.5 Å². The highest BCUT2D eigenvalue weighted by molar-refractivity contribution is 6.28. The quantitative estimate of drug-likeness (QED) is 0.683. The Hall–Kier alpha value is -2.14. The second-order valence-corrected chi connectivity index (χ2v) is 4.23. The number of fused-ring (bicyclic) bond motifs is 1. The lowest BCUT2D eigenvalue weighted by atomic mass is 10.1. The van der Waals surface area contributed by atoms with Crippen molar-refractivity contribution in [2.24, 2.45) is 0 Å². The summed E-state index contributed by atoms with van der Waals surface area (Å²) < 4.78 is 5.00. The van der Waals surface area contributed by atoms with E-state index in [1.165, 1.54) is 0 Å². The van der Waals surface area contributed by atoms with Gasteiger partial charge in [0, 0.05) is 11.3 Å². The smallest absolute Gasteiger partial charge is 0.408 e. The molecule has 90 valence electrons. The number of aromatic amines is 1. The zero-order chi connectivity index (χ0) is 12.7. The van der Waals surface area contributed by atoms with Crippen LogP contribution in [-0.2, 0) is 0 Å². The molecule has 0 aliphatic rings. The molecule has 0 aliphatic heterocycles. The zero-order valence-electron chi connectivity index (χ0n) is 9.40. The van der Waals surface area contributed by atoms with E-state index in [2.05, 4.69) is 15.0 Å². The van der Waals surface area contributed by atoms with Crippen molar-refractivity contribution >= 4 is 22.7 Å². The summed E-state index contributed by atoms with van der Waals surface area (Å²) in [7, 11) is 0. The maximum atomic E-state index is 11.1. The fourth-order valence-corrected chi connectivity index (χ4v) is 2.01. The molecular weight excluding hydrogens is 254 g/mol. The molecule has 0 saturated carbocycles. The monoisotopic (exact) mass is 261 g/mol. The summed E-state index contributed by atoms with van der Waals surface area (Å²) in [6, 6.07) is 7.16. The van der Waals surface area contributed by atoms with Crippen LogP contribution in [0.25, 0.3) is 22.4 Å². The molecule has 0 atom stereocenters. The predicted octanol–water partition coefficient (Wildman–Crippen LogP) is 2.54. The van der Waals surface area contributed by atoms with Gasteiger partial charge in [0.05, 0.1) is 11.2 Å². The summed E-state index contributed by atoms with van der Waals surface area (Å²) in [5.41, 5.74) is 3.43. The minimum absolute atomic E-state index is 0.195. The van der Waals surface area contributed by atoms with Gasteiger partial charge in [0.15, 0.2) is 5.58 Å². The van der Waals surface area contributed by atoms with Gasteiger partial charge in [-0.3, -0.25) is 4.98 Å². The Morgan fingerprint density at radius 3 is 2.89 bits per heavy atom. The number of oxazole rings is 1. The molecule has 0 saturated heterocycles.